The van der Waals surface area contributed by atoms with Crippen molar-refractivity contribution in [2.75, 3.05) is 13.4 Å². The summed E-state index contributed by atoms with van der Waals surface area (Å²) in [7, 11) is -2.36. The topological polar surface area (TPSA) is 93.5 Å². The first kappa shape index (κ1) is 16.1. The second-order valence-corrected chi connectivity index (χ2v) is 5.70. The Kier molecular flexibility index (Phi) is 5.67. The Bertz CT molecular complexity index is 601. The maximum Gasteiger partial charge on any atom is 0.337 e. The zero-order valence-corrected chi connectivity index (χ0v) is 12.0. The molecular formula is C13H15NO5S. The smallest absolute Gasteiger partial charge is 0.337 e. The molecule has 0 aromatic heterocycles. The van der Waals surface area contributed by atoms with Crippen molar-refractivity contribution in [2.45, 2.75) is 18.9 Å². The second kappa shape index (κ2) is 7.03. The predicted molar refractivity (Wildman–Crippen MR) is 71.3 cm³/mol. The summed E-state index contributed by atoms with van der Waals surface area (Å²) in [5.74, 6) is -0.478. The zero-order valence-electron chi connectivity index (χ0n) is 11.2. The van der Waals surface area contributed by atoms with E-state index in [-0.39, 0.29) is 12.8 Å². The Balaban J connectivity index is 2.96. The normalized spacial score (nSPS) is 12.4. The molecule has 1 aromatic rings. The van der Waals surface area contributed by atoms with E-state index in [9.17, 15) is 13.2 Å². The lowest BCUT2D eigenvalue weighted by Gasteiger charge is -2.15. The van der Waals surface area contributed by atoms with Crippen LogP contribution in [0.1, 0.15) is 34.9 Å². The molecule has 20 heavy (non-hydrogen) atoms. The third-order valence-electron chi connectivity index (χ3n) is 2.51. The van der Waals surface area contributed by atoms with E-state index in [0.29, 0.717) is 11.1 Å². The molecule has 108 valence electrons. The maximum atomic E-state index is 11.3. The van der Waals surface area contributed by atoms with Crippen molar-refractivity contribution in [3.8, 4) is 6.07 Å². The average Bonchev–Trinajstić information content (AvgIpc) is 2.41. The van der Waals surface area contributed by atoms with Crippen molar-refractivity contribution in [1.82, 2.24) is 0 Å². The highest BCUT2D eigenvalue weighted by Gasteiger charge is 2.18. The fourth-order valence-corrected chi connectivity index (χ4v) is 2.26. The molecular weight excluding hydrogens is 282 g/mol. The number of nitriles is 1. The van der Waals surface area contributed by atoms with Crippen LogP contribution in [0.5, 0.6) is 0 Å². The summed E-state index contributed by atoms with van der Waals surface area (Å²) in [6.45, 7) is 0. The molecule has 0 aliphatic carbocycles. The lowest BCUT2D eigenvalue weighted by Crippen LogP contribution is -2.11. The monoisotopic (exact) mass is 297 g/mol. The third kappa shape index (κ3) is 4.99. The minimum atomic E-state index is -3.63. The molecule has 1 unspecified atom stereocenters. The molecule has 0 N–H and O–H groups in total. The van der Waals surface area contributed by atoms with Crippen molar-refractivity contribution in [3.63, 3.8) is 0 Å². The molecule has 1 rings (SSSR count). The van der Waals surface area contributed by atoms with Crippen LogP contribution in [0.3, 0.4) is 0 Å². The van der Waals surface area contributed by atoms with Crippen molar-refractivity contribution < 1.29 is 22.1 Å². The van der Waals surface area contributed by atoms with E-state index >= 15 is 0 Å². The largest absolute Gasteiger partial charge is 0.465 e. The highest BCUT2D eigenvalue weighted by molar-refractivity contribution is 7.86. The third-order valence-corrected chi connectivity index (χ3v) is 3.09. The first-order chi connectivity index (χ1) is 9.37. The standard InChI is InChI=1S/C13H15NO5S/c1-18-13(15)11-7-5-10(6-8-11)12(4-3-9-14)19-20(2,16)17/h5-8,12H,3-4H2,1-2H3. The Morgan fingerprint density at radius 1 is 1.35 bits per heavy atom. The highest BCUT2D eigenvalue weighted by atomic mass is 32.2. The summed E-state index contributed by atoms with van der Waals surface area (Å²) < 4.78 is 32.0. The molecule has 0 fully saturated rings. The van der Waals surface area contributed by atoms with Gasteiger partial charge in [0, 0.05) is 6.42 Å². The Morgan fingerprint density at radius 3 is 2.40 bits per heavy atom. The van der Waals surface area contributed by atoms with E-state index in [0.717, 1.165) is 6.26 Å². The van der Waals surface area contributed by atoms with Crippen LogP contribution < -0.4 is 0 Å². The summed E-state index contributed by atoms with van der Waals surface area (Å²) >= 11 is 0. The number of nitrogens with zero attached hydrogens (tertiary/aromatic N) is 1. The lowest BCUT2D eigenvalue weighted by atomic mass is 10.0. The summed E-state index contributed by atoms with van der Waals surface area (Å²) in [5.41, 5.74) is 0.938. The van der Waals surface area contributed by atoms with Crippen molar-refractivity contribution >= 4 is 16.1 Å². The molecule has 0 heterocycles. The maximum absolute atomic E-state index is 11.3. The van der Waals surface area contributed by atoms with E-state index in [2.05, 4.69) is 4.74 Å². The van der Waals surface area contributed by atoms with Crippen molar-refractivity contribution in [2.24, 2.45) is 0 Å². The van der Waals surface area contributed by atoms with E-state index in [1.165, 1.54) is 19.2 Å². The first-order valence-corrected chi connectivity index (χ1v) is 7.62. The summed E-state index contributed by atoms with van der Waals surface area (Å²) in [4.78, 5) is 11.3. The Labute approximate surface area is 118 Å². The molecule has 6 nitrogen and oxygen atoms in total. The van der Waals surface area contributed by atoms with Gasteiger partial charge in [-0.3, -0.25) is 4.18 Å². The Morgan fingerprint density at radius 2 is 1.95 bits per heavy atom. The van der Waals surface area contributed by atoms with Gasteiger partial charge in [-0.25, -0.2) is 4.79 Å². The van der Waals surface area contributed by atoms with Crippen LogP contribution in [0.2, 0.25) is 0 Å². The van der Waals surface area contributed by atoms with Crippen LogP contribution in [0, 0.1) is 11.3 Å². The minimum absolute atomic E-state index is 0.166. The number of benzene rings is 1. The average molecular weight is 297 g/mol. The molecule has 0 spiro atoms. The molecule has 0 aliphatic rings. The molecule has 0 bridgehead atoms. The van der Waals surface area contributed by atoms with Gasteiger partial charge in [-0.05, 0) is 24.1 Å². The number of esters is 1. The fraction of sp³-hybridized carbons (Fsp3) is 0.385. The second-order valence-electron chi connectivity index (χ2n) is 4.10. The van der Waals surface area contributed by atoms with E-state index in [1.54, 1.807) is 12.1 Å². The van der Waals surface area contributed by atoms with Crippen molar-refractivity contribution in [1.29, 1.82) is 5.26 Å². The van der Waals surface area contributed by atoms with Gasteiger partial charge < -0.3 is 4.74 Å². The molecule has 1 aromatic carbocycles. The van der Waals surface area contributed by atoms with Gasteiger partial charge in [0.05, 0.1) is 25.0 Å². The van der Waals surface area contributed by atoms with E-state index in [4.69, 9.17) is 9.44 Å². The minimum Gasteiger partial charge on any atom is -0.465 e. The fourth-order valence-electron chi connectivity index (χ4n) is 1.63. The molecule has 0 radical (unpaired) electrons. The Hall–Kier alpha value is -1.91. The van der Waals surface area contributed by atoms with Crippen LogP contribution in [0.15, 0.2) is 24.3 Å². The first-order valence-electron chi connectivity index (χ1n) is 5.81. The van der Waals surface area contributed by atoms with Crippen LogP contribution >= 0.6 is 0 Å². The van der Waals surface area contributed by atoms with Crippen LogP contribution in [0.4, 0.5) is 0 Å². The van der Waals surface area contributed by atoms with Crippen molar-refractivity contribution in [3.05, 3.63) is 35.4 Å². The summed E-state index contributed by atoms with van der Waals surface area (Å²) in [6.07, 6.45) is 0.631. The summed E-state index contributed by atoms with van der Waals surface area (Å²) in [6, 6.07) is 8.15. The molecule has 0 saturated heterocycles. The molecule has 0 saturated carbocycles. The number of methoxy groups -OCH3 is 1. The molecule has 0 aliphatic heterocycles. The van der Waals surface area contributed by atoms with Gasteiger partial charge in [0.15, 0.2) is 0 Å². The van der Waals surface area contributed by atoms with Gasteiger partial charge >= 0.3 is 5.97 Å². The van der Waals surface area contributed by atoms with E-state index in [1.807, 2.05) is 6.07 Å². The van der Waals surface area contributed by atoms with Gasteiger partial charge in [-0.1, -0.05) is 12.1 Å². The number of rotatable bonds is 6. The van der Waals surface area contributed by atoms with Gasteiger partial charge in [-0.2, -0.15) is 13.7 Å². The molecule has 0 amide bonds. The lowest BCUT2D eigenvalue weighted by molar-refractivity contribution is 0.0600. The highest BCUT2D eigenvalue weighted by Crippen LogP contribution is 2.25. The molecule has 7 heteroatoms. The molecule has 1 atom stereocenters. The number of hydrogen-bond acceptors (Lipinski definition) is 6. The van der Waals surface area contributed by atoms with Gasteiger partial charge in [0.2, 0.25) is 0 Å². The van der Waals surface area contributed by atoms with Crippen LogP contribution in [0.25, 0.3) is 0 Å². The predicted octanol–water partition coefficient (Wildman–Crippen LogP) is 1.79. The number of carbonyl (C=O) groups excluding carboxylic acids is 1. The SMILES string of the molecule is COC(=O)c1ccc(C(CCC#N)OS(C)(=O)=O)cc1. The van der Waals surface area contributed by atoms with Crippen LogP contribution in [-0.2, 0) is 19.0 Å². The van der Waals surface area contributed by atoms with Gasteiger partial charge in [0.1, 0.15) is 6.10 Å². The van der Waals surface area contributed by atoms with Crippen LogP contribution in [-0.4, -0.2) is 27.8 Å². The number of carbonyl (C=O) groups is 1. The zero-order chi connectivity index (χ0) is 15.2. The summed E-state index contributed by atoms with van der Waals surface area (Å²) in [5, 5.41) is 8.59. The quantitative estimate of drug-likeness (QED) is 0.587. The number of hydrogen-bond donors (Lipinski definition) is 0. The van der Waals surface area contributed by atoms with Gasteiger partial charge in [-0.15, -0.1) is 0 Å². The van der Waals surface area contributed by atoms with Gasteiger partial charge in [0.25, 0.3) is 10.1 Å². The van der Waals surface area contributed by atoms with E-state index < -0.39 is 22.2 Å². The number of ether oxygens (including phenoxy) is 1.